The summed E-state index contributed by atoms with van der Waals surface area (Å²) in [4.78, 5) is 0.155. The molecule has 1 aromatic carbocycles. The number of primary sulfonamides is 1. The van der Waals surface area contributed by atoms with Crippen molar-refractivity contribution >= 4 is 15.7 Å². The van der Waals surface area contributed by atoms with E-state index in [-0.39, 0.29) is 4.90 Å². The van der Waals surface area contributed by atoms with Crippen molar-refractivity contribution in [3.63, 3.8) is 0 Å². The van der Waals surface area contributed by atoms with Crippen molar-refractivity contribution in [3.8, 4) is 0 Å². The lowest BCUT2D eigenvalue weighted by atomic mass is 9.75. The third-order valence-electron chi connectivity index (χ3n) is 3.76. The number of rotatable bonds is 3. The van der Waals surface area contributed by atoms with Gasteiger partial charge in [-0.25, -0.2) is 13.6 Å². The van der Waals surface area contributed by atoms with E-state index < -0.39 is 10.0 Å². The van der Waals surface area contributed by atoms with Gasteiger partial charge >= 0.3 is 0 Å². The summed E-state index contributed by atoms with van der Waals surface area (Å²) in [6.07, 6.45) is 4.82. The van der Waals surface area contributed by atoms with Gasteiger partial charge in [-0.3, -0.25) is 0 Å². The smallest absolute Gasteiger partial charge is 0.238 e. The van der Waals surface area contributed by atoms with Gasteiger partial charge in [0.05, 0.1) is 4.90 Å². The number of anilines is 1. The standard InChI is InChI=1S/C14H22N2O2S/c1-14(2)9-3-4-12(10-14)16-11-5-7-13(8-6-11)19(15,17)18/h5-8,12,16H,3-4,9-10H2,1-2H3,(H2,15,17,18). The zero-order valence-corrected chi connectivity index (χ0v) is 12.3. The molecule has 0 bridgehead atoms. The number of hydrogen-bond acceptors (Lipinski definition) is 3. The SMILES string of the molecule is CC1(C)CCCC(Nc2ccc(S(N)(=O)=O)cc2)C1. The maximum Gasteiger partial charge on any atom is 0.238 e. The van der Waals surface area contributed by atoms with Crippen LogP contribution in [0.2, 0.25) is 0 Å². The highest BCUT2D eigenvalue weighted by atomic mass is 32.2. The Labute approximate surface area is 115 Å². The first-order valence-corrected chi connectivity index (χ1v) is 8.20. The molecule has 1 aliphatic carbocycles. The molecule has 0 heterocycles. The van der Waals surface area contributed by atoms with E-state index in [9.17, 15) is 8.42 Å². The molecule has 1 fully saturated rings. The summed E-state index contributed by atoms with van der Waals surface area (Å²) < 4.78 is 22.4. The van der Waals surface area contributed by atoms with E-state index in [4.69, 9.17) is 5.14 Å². The molecule has 2 rings (SSSR count). The number of hydrogen-bond donors (Lipinski definition) is 2. The average Bonchev–Trinajstić information content (AvgIpc) is 2.27. The molecule has 4 nitrogen and oxygen atoms in total. The van der Waals surface area contributed by atoms with Gasteiger partial charge in [0.15, 0.2) is 0 Å². The van der Waals surface area contributed by atoms with Crippen LogP contribution in [-0.4, -0.2) is 14.5 Å². The number of nitrogens with two attached hydrogens (primary N) is 1. The van der Waals surface area contributed by atoms with Gasteiger partial charge < -0.3 is 5.32 Å². The van der Waals surface area contributed by atoms with E-state index in [1.807, 2.05) is 0 Å². The monoisotopic (exact) mass is 282 g/mol. The topological polar surface area (TPSA) is 72.2 Å². The van der Waals surface area contributed by atoms with E-state index in [0.29, 0.717) is 11.5 Å². The van der Waals surface area contributed by atoms with Gasteiger partial charge in [0.2, 0.25) is 10.0 Å². The largest absolute Gasteiger partial charge is 0.382 e. The minimum absolute atomic E-state index is 0.155. The Kier molecular flexibility index (Phi) is 3.87. The molecule has 0 amide bonds. The number of benzene rings is 1. The quantitative estimate of drug-likeness (QED) is 0.895. The van der Waals surface area contributed by atoms with Gasteiger partial charge in [0, 0.05) is 11.7 Å². The normalized spacial score (nSPS) is 23.0. The van der Waals surface area contributed by atoms with Gasteiger partial charge in [-0.15, -0.1) is 0 Å². The minimum Gasteiger partial charge on any atom is -0.382 e. The Balaban J connectivity index is 2.04. The van der Waals surface area contributed by atoms with Gasteiger partial charge in [-0.2, -0.15) is 0 Å². The molecule has 106 valence electrons. The summed E-state index contributed by atoms with van der Waals surface area (Å²) in [5.74, 6) is 0. The first-order valence-electron chi connectivity index (χ1n) is 6.66. The van der Waals surface area contributed by atoms with Crippen LogP contribution in [-0.2, 0) is 10.0 Å². The van der Waals surface area contributed by atoms with E-state index in [2.05, 4.69) is 19.2 Å². The highest BCUT2D eigenvalue weighted by Gasteiger charge is 2.27. The lowest BCUT2D eigenvalue weighted by Crippen LogP contribution is -2.31. The third kappa shape index (κ3) is 3.94. The van der Waals surface area contributed by atoms with Crippen molar-refractivity contribution in [2.24, 2.45) is 10.6 Å². The van der Waals surface area contributed by atoms with Crippen LogP contribution < -0.4 is 10.5 Å². The fourth-order valence-electron chi connectivity index (χ4n) is 2.80. The molecule has 0 spiro atoms. The zero-order chi connectivity index (χ0) is 14.1. The molecule has 0 saturated heterocycles. The Morgan fingerprint density at radius 1 is 1.26 bits per heavy atom. The van der Waals surface area contributed by atoms with Crippen LogP contribution in [0.15, 0.2) is 29.2 Å². The molecule has 1 saturated carbocycles. The summed E-state index contributed by atoms with van der Waals surface area (Å²) in [7, 11) is -3.60. The Morgan fingerprint density at radius 2 is 1.89 bits per heavy atom. The van der Waals surface area contributed by atoms with Crippen molar-refractivity contribution in [3.05, 3.63) is 24.3 Å². The van der Waals surface area contributed by atoms with Gasteiger partial charge in [0.1, 0.15) is 0 Å². The predicted molar refractivity (Wildman–Crippen MR) is 77.5 cm³/mol. The first kappa shape index (κ1) is 14.3. The molecular weight excluding hydrogens is 260 g/mol. The summed E-state index contributed by atoms with van der Waals surface area (Å²) in [6, 6.07) is 7.11. The second-order valence-corrected chi connectivity index (χ2v) is 7.73. The van der Waals surface area contributed by atoms with Crippen LogP contribution in [0.25, 0.3) is 0 Å². The maximum absolute atomic E-state index is 11.2. The van der Waals surface area contributed by atoms with Crippen molar-refractivity contribution in [1.29, 1.82) is 0 Å². The average molecular weight is 282 g/mol. The van der Waals surface area contributed by atoms with Crippen LogP contribution >= 0.6 is 0 Å². The Bertz CT molecular complexity index is 535. The summed E-state index contributed by atoms with van der Waals surface area (Å²) in [5, 5.41) is 8.56. The van der Waals surface area contributed by atoms with E-state index in [1.165, 1.54) is 19.3 Å². The second kappa shape index (κ2) is 5.13. The maximum atomic E-state index is 11.2. The van der Waals surface area contributed by atoms with Gasteiger partial charge in [-0.05, 0) is 48.9 Å². The fraction of sp³-hybridized carbons (Fsp3) is 0.571. The Morgan fingerprint density at radius 3 is 2.42 bits per heavy atom. The molecular formula is C14H22N2O2S. The summed E-state index contributed by atoms with van der Waals surface area (Å²) in [6.45, 7) is 4.59. The number of sulfonamides is 1. The molecule has 3 N–H and O–H groups in total. The molecule has 1 aromatic rings. The van der Waals surface area contributed by atoms with Crippen molar-refractivity contribution in [2.75, 3.05) is 5.32 Å². The van der Waals surface area contributed by atoms with Crippen LogP contribution in [0.3, 0.4) is 0 Å². The van der Waals surface area contributed by atoms with Gasteiger partial charge in [-0.1, -0.05) is 20.3 Å². The highest BCUT2D eigenvalue weighted by Crippen LogP contribution is 2.36. The highest BCUT2D eigenvalue weighted by molar-refractivity contribution is 7.89. The van der Waals surface area contributed by atoms with Crippen LogP contribution in [0.5, 0.6) is 0 Å². The van der Waals surface area contributed by atoms with E-state index in [0.717, 1.165) is 12.1 Å². The molecule has 5 heteroatoms. The molecule has 0 aromatic heterocycles. The fourth-order valence-corrected chi connectivity index (χ4v) is 3.31. The lowest BCUT2D eigenvalue weighted by Gasteiger charge is -2.36. The van der Waals surface area contributed by atoms with Crippen LogP contribution in [0.1, 0.15) is 39.5 Å². The first-order chi connectivity index (χ1) is 8.76. The van der Waals surface area contributed by atoms with Crippen molar-refractivity contribution in [2.45, 2.75) is 50.5 Å². The molecule has 0 radical (unpaired) electrons. The van der Waals surface area contributed by atoms with E-state index in [1.54, 1.807) is 24.3 Å². The summed E-state index contributed by atoms with van der Waals surface area (Å²) >= 11 is 0. The third-order valence-corrected chi connectivity index (χ3v) is 4.69. The molecule has 0 aliphatic heterocycles. The van der Waals surface area contributed by atoms with Crippen LogP contribution in [0.4, 0.5) is 5.69 Å². The van der Waals surface area contributed by atoms with E-state index >= 15 is 0 Å². The molecule has 1 atom stereocenters. The molecule has 19 heavy (non-hydrogen) atoms. The van der Waals surface area contributed by atoms with Crippen molar-refractivity contribution in [1.82, 2.24) is 0 Å². The Hall–Kier alpha value is -1.07. The lowest BCUT2D eigenvalue weighted by molar-refractivity contribution is 0.229. The molecule has 1 aliphatic rings. The predicted octanol–water partition coefficient (Wildman–Crippen LogP) is 2.71. The minimum atomic E-state index is -3.60. The van der Waals surface area contributed by atoms with Gasteiger partial charge in [0.25, 0.3) is 0 Å². The molecule has 1 unspecified atom stereocenters. The summed E-state index contributed by atoms with van der Waals surface area (Å²) in [5.41, 5.74) is 1.34. The zero-order valence-electron chi connectivity index (χ0n) is 11.5. The number of nitrogens with one attached hydrogen (secondary N) is 1. The second-order valence-electron chi connectivity index (χ2n) is 6.17. The van der Waals surface area contributed by atoms with Crippen molar-refractivity contribution < 1.29 is 8.42 Å². The van der Waals surface area contributed by atoms with Crippen LogP contribution in [0, 0.1) is 5.41 Å².